The maximum Gasteiger partial charge on any atom is 0.343 e. The van der Waals surface area contributed by atoms with Gasteiger partial charge < -0.3 is 9.30 Å². The second kappa shape index (κ2) is 6.43. The molecule has 0 bridgehead atoms. The molecule has 3 heterocycles. The summed E-state index contributed by atoms with van der Waals surface area (Å²) in [4.78, 5) is 20.7. The number of nitrogens with zero attached hydrogens (tertiary/aromatic N) is 5. The molecule has 0 saturated heterocycles. The van der Waals surface area contributed by atoms with Crippen molar-refractivity contribution in [2.24, 2.45) is 7.05 Å². The molecule has 0 aliphatic rings. The van der Waals surface area contributed by atoms with Gasteiger partial charge in [0.05, 0.1) is 24.2 Å². The number of carbonyl (C=O) groups excluding carboxylic acids is 1. The molecule has 7 nitrogen and oxygen atoms in total. The van der Waals surface area contributed by atoms with E-state index in [9.17, 15) is 4.79 Å². The first kappa shape index (κ1) is 15.0. The zero-order valence-electron chi connectivity index (χ0n) is 13.0. The van der Waals surface area contributed by atoms with Gasteiger partial charge >= 0.3 is 5.97 Å². The third-order valence-corrected chi connectivity index (χ3v) is 3.40. The number of hydrogen-bond donors (Lipinski definition) is 0. The van der Waals surface area contributed by atoms with E-state index < -0.39 is 5.97 Å². The third kappa shape index (κ3) is 3.28. The SMILES string of the molecule is Cc1cnc(CCOC(=O)c2cnn(C)c2-n2cccc2)cn1. The van der Waals surface area contributed by atoms with Gasteiger partial charge in [0.1, 0.15) is 11.4 Å². The molecule has 0 radical (unpaired) electrons. The third-order valence-electron chi connectivity index (χ3n) is 3.40. The van der Waals surface area contributed by atoms with Crippen LogP contribution in [0.1, 0.15) is 21.7 Å². The first-order valence-corrected chi connectivity index (χ1v) is 7.25. The molecular formula is C16H17N5O2. The summed E-state index contributed by atoms with van der Waals surface area (Å²) in [5.74, 6) is 0.275. The molecule has 118 valence electrons. The molecule has 0 saturated carbocycles. The minimum Gasteiger partial charge on any atom is -0.462 e. The predicted octanol–water partition coefficient (Wildman–Crippen LogP) is 1.71. The fourth-order valence-corrected chi connectivity index (χ4v) is 2.23. The lowest BCUT2D eigenvalue weighted by Crippen LogP contribution is -2.12. The Kier molecular flexibility index (Phi) is 4.18. The van der Waals surface area contributed by atoms with Crippen molar-refractivity contribution >= 4 is 5.97 Å². The molecule has 0 spiro atoms. The lowest BCUT2D eigenvalue weighted by Gasteiger charge is -2.08. The summed E-state index contributed by atoms with van der Waals surface area (Å²) in [7, 11) is 1.79. The van der Waals surface area contributed by atoms with Gasteiger partial charge in [-0.25, -0.2) is 4.79 Å². The van der Waals surface area contributed by atoms with Gasteiger partial charge in [-0.3, -0.25) is 14.6 Å². The van der Waals surface area contributed by atoms with E-state index in [1.807, 2.05) is 36.0 Å². The Labute approximate surface area is 133 Å². The Balaban J connectivity index is 1.66. The minimum atomic E-state index is -0.401. The average molecular weight is 311 g/mol. The first-order valence-electron chi connectivity index (χ1n) is 7.25. The Hall–Kier alpha value is -2.96. The number of aromatic nitrogens is 5. The number of aryl methyl sites for hydroxylation is 2. The van der Waals surface area contributed by atoms with Crippen molar-refractivity contribution in [2.45, 2.75) is 13.3 Å². The Bertz CT molecular complexity index is 791. The molecule has 7 heteroatoms. The van der Waals surface area contributed by atoms with Crippen molar-refractivity contribution in [3.8, 4) is 5.82 Å². The van der Waals surface area contributed by atoms with Crippen LogP contribution in [0.25, 0.3) is 5.82 Å². The largest absolute Gasteiger partial charge is 0.462 e. The maximum absolute atomic E-state index is 12.3. The van der Waals surface area contributed by atoms with Crippen LogP contribution in [-0.2, 0) is 18.2 Å². The topological polar surface area (TPSA) is 74.8 Å². The second-order valence-corrected chi connectivity index (χ2v) is 5.13. The zero-order chi connectivity index (χ0) is 16.2. The Morgan fingerprint density at radius 2 is 1.96 bits per heavy atom. The van der Waals surface area contributed by atoms with E-state index in [1.165, 1.54) is 6.20 Å². The molecule has 0 aliphatic heterocycles. The molecule has 23 heavy (non-hydrogen) atoms. The average Bonchev–Trinajstić information content (AvgIpc) is 3.18. The lowest BCUT2D eigenvalue weighted by atomic mass is 10.3. The van der Waals surface area contributed by atoms with E-state index in [-0.39, 0.29) is 6.61 Å². The molecule has 0 unspecified atom stereocenters. The highest BCUT2D eigenvalue weighted by atomic mass is 16.5. The highest BCUT2D eigenvalue weighted by Crippen LogP contribution is 2.15. The van der Waals surface area contributed by atoms with Gasteiger partial charge in [-0.05, 0) is 19.1 Å². The normalized spacial score (nSPS) is 10.7. The van der Waals surface area contributed by atoms with Crippen molar-refractivity contribution in [2.75, 3.05) is 6.61 Å². The van der Waals surface area contributed by atoms with Gasteiger partial charge in [0.2, 0.25) is 0 Å². The van der Waals surface area contributed by atoms with Crippen molar-refractivity contribution in [1.82, 2.24) is 24.3 Å². The van der Waals surface area contributed by atoms with Crippen LogP contribution >= 0.6 is 0 Å². The fourth-order valence-electron chi connectivity index (χ4n) is 2.23. The Morgan fingerprint density at radius 3 is 2.65 bits per heavy atom. The molecule has 3 rings (SSSR count). The van der Waals surface area contributed by atoms with E-state index in [1.54, 1.807) is 24.1 Å². The van der Waals surface area contributed by atoms with Crippen LogP contribution in [0.5, 0.6) is 0 Å². The highest BCUT2D eigenvalue weighted by molar-refractivity contribution is 5.92. The summed E-state index contributed by atoms with van der Waals surface area (Å²) in [5.41, 5.74) is 2.08. The second-order valence-electron chi connectivity index (χ2n) is 5.13. The Morgan fingerprint density at radius 1 is 1.17 bits per heavy atom. The molecule has 0 aromatic carbocycles. The zero-order valence-corrected chi connectivity index (χ0v) is 13.0. The van der Waals surface area contributed by atoms with Crippen molar-refractivity contribution in [3.63, 3.8) is 0 Å². The molecular weight excluding hydrogens is 294 g/mol. The van der Waals surface area contributed by atoms with Crippen LogP contribution in [0, 0.1) is 6.92 Å². The van der Waals surface area contributed by atoms with E-state index in [2.05, 4.69) is 15.1 Å². The van der Waals surface area contributed by atoms with Crippen LogP contribution < -0.4 is 0 Å². The smallest absolute Gasteiger partial charge is 0.343 e. The number of hydrogen-bond acceptors (Lipinski definition) is 5. The molecule has 0 N–H and O–H groups in total. The molecule has 0 atom stereocenters. The molecule has 0 amide bonds. The number of ether oxygens (including phenoxy) is 1. The van der Waals surface area contributed by atoms with Crippen LogP contribution in [0.2, 0.25) is 0 Å². The maximum atomic E-state index is 12.3. The number of esters is 1. The van der Waals surface area contributed by atoms with Gasteiger partial charge in [0, 0.05) is 38.3 Å². The summed E-state index contributed by atoms with van der Waals surface area (Å²) < 4.78 is 8.81. The molecule has 0 aliphatic carbocycles. The van der Waals surface area contributed by atoms with Gasteiger partial charge in [0.25, 0.3) is 0 Å². The van der Waals surface area contributed by atoms with E-state index in [0.717, 1.165) is 11.4 Å². The van der Waals surface area contributed by atoms with E-state index in [0.29, 0.717) is 17.8 Å². The van der Waals surface area contributed by atoms with Crippen LogP contribution in [0.3, 0.4) is 0 Å². The predicted molar refractivity (Wildman–Crippen MR) is 83.3 cm³/mol. The van der Waals surface area contributed by atoms with Crippen LogP contribution in [-0.4, -0.2) is 36.9 Å². The quantitative estimate of drug-likeness (QED) is 0.671. The minimum absolute atomic E-state index is 0.247. The molecule has 3 aromatic rings. The monoisotopic (exact) mass is 311 g/mol. The lowest BCUT2D eigenvalue weighted by molar-refractivity contribution is 0.0508. The first-order chi connectivity index (χ1) is 11.1. The molecule has 3 aromatic heterocycles. The van der Waals surface area contributed by atoms with Crippen molar-refractivity contribution in [3.05, 3.63) is 60.1 Å². The van der Waals surface area contributed by atoms with Gasteiger partial charge in [-0.1, -0.05) is 0 Å². The summed E-state index contributed by atoms with van der Waals surface area (Å²) in [5, 5.41) is 4.14. The summed E-state index contributed by atoms with van der Waals surface area (Å²) in [6.07, 6.45) is 9.15. The van der Waals surface area contributed by atoms with E-state index >= 15 is 0 Å². The highest BCUT2D eigenvalue weighted by Gasteiger charge is 2.18. The standard InChI is InChI=1S/C16H17N5O2/c1-12-9-18-13(10-17-12)5-8-23-16(22)14-11-19-20(2)15(14)21-6-3-4-7-21/h3-4,6-7,9-11H,5,8H2,1-2H3. The van der Waals surface area contributed by atoms with Gasteiger partial charge in [0.15, 0.2) is 0 Å². The van der Waals surface area contributed by atoms with Gasteiger partial charge in [-0.15, -0.1) is 0 Å². The van der Waals surface area contributed by atoms with Crippen LogP contribution in [0.15, 0.2) is 43.1 Å². The summed E-state index contributed by atoms with van der Waals surface area (Å²) in [6, 6.07) is 3.77. The van der Waals surface area contributed by atoms with E-state index in [4.69, 9.17) is 4.74 Å². The summed E-state index contributed by atoms with van der Waals surface area (Å²) in [6.45, 7) is 2.12. The van der Waals surface area contributed by atoms with Gasteiger partial charge in [-0.2, -0.15) is 5.10 Å². The van der Waals surface area contributed by atoms with Crippen LogP contribution in [0.4, 0.5) is 0 Å². The van der Waals surface area contributed by atoms with Crippen molar-refractivity contribution in [1.29, 1.82) is 0 Å². The fraction of sp³-hybridized carbons (Fsp3) is 0.250. The van der Waals surface area contributed by atoms with Crippen molar-refractivity contribution < 1.29 is 9.53 Å². The summed E-state index contributed by atoms with van der Waals surface area (Å²) >= 11 is 0. The number of rotatable bonds is 5. The number of carbonyl (C=O) groups is 1. The molecule has 0 fully saturated rings.